The van der Waals surface area contributed by atoms with Crippen LogP contribution in [0.25, 0.3) is 10.9 Å². The van der Waals surface area contributed by atoms with Crippen LogP contribution in [0.15, 0.2) is 23.0 Å². The maximum Gasteiger partial charge on any atom is 0.258 e. The standard InChI is InChI=1S/C10H10FN3O/c1-12-5-9-13-8-3-2-6(11)4-7(8)10(15)14-9/h2-4,12H,5H2,1H3,(H,13,14,15). The lowest BCUT2D eigenvalue weighted by Crippen LogP contribution is -2.16. The Morgan fingerprint density at radius 1 is 1.53 bits per heavy atom. The number of aromatic nitrogens is 2. The van der Waals surface area contributed by atoms with Crippen molar-refractivity contribution in [1.29, 1.82) is 0 Å². The third-order valence-electron chi connectivity index (χ3n) is 2.06. The van der Waals surface area contributed by atoms with Crippen LogP contribution in [-0.4, -0.2) is 17.0 Å². The number of fused-ring (bicyclic) bond motifs is 1. The Labute approximate surface area is 85.2 Å². The van der Waals surface area contributed by atoms with E-state index in [0.717, 1.165) is 0 Å². The predicted octanol–water partition coefficient (Wildman–Crippen LogP) is 0.782. The number of aromatic amines is 1. The molecule has 2 aromatic rings. The maximum absolute atomic E-state index is 12.9. The Kier molecular flexibility index (Phi) is 2.47. The van der Waals surface area contributed by atoms with E-state index in [2.05, 4.69) is 15.3 Å². The molecule has 5 heteroatoms. The molecule has 0 atom stereocenters. The molecule has 0 fully saturated rings. The fourth-order valence-corrected chi connectivity index (χ4v) is 1.41. The van der Waals surface area contributed by atoms with Gasteiger partial charge >= 0.3 is 0 Å². The predicted molar refractivity (Wildman–Crippen MR) is 55.1 cm³/mol. The molecule has 2 rings (SSSR count). The summed E-state index contributed by atoms with van der Waals surface area (Å²) in [6.07, 6.45) is 0. The van der Waals surface area contributed by atoms with Crippen LogP contribution in [0.5, 0.6) is 0 Å². The zero-order valence-corrected chi connectivity index (χ0v) is 8.17. The lowest BCUT2D eigenvalue weighted by Gasteiger charge is -2.01. The molecule has 1 aromatic carbocycles. The molecule has 0 aliphatic heterocycles. The first-order chi connectivity index (χ1) is 7.20. The molecular formula is C10H10FN3O. The summed E-state index contributed by atoms with van der Waals surface area (Å²) in [6.45, 7) is 0.475. The molecule has 0 spiro atoms. The average molecular weight is 207 g/mol. The first-order valence-corrected chi connectivity index (χ1v) is 4.54. The molecular weight excluding hydrogens is 197 g/mol. The first kappa shape index (κ1) is 9.79. The van der Waals surface area contributed by atoms with Crippen LogP contribution in [0.1, 0.15) is 5.82 Å². The fourth-order valence-electron chi connectivity index (χ4n) is 1.41. The van der Waals surface area contributed by atoms with E-state index in [-0.39, 0.29) is 10.9 Å². The summed E-state index contributed by atoms with van der Waals surface area (Å²) < 4.78 is 12.9. The van der Waals surface area contributed by atoms with Gasteiger partial charge in [0.05, 0.1) is 17.4 Å². The van der Waals surface area contributed by atoms with Crippen molar-refractivity contribution in [3.8, 4) is 0 Å². The van der Waals surface area contributed by atoms with Crippen molar-refractivity contribution in [2.24, 2.45) is 0 Å². The van der Waals surface area contributed by atoms with Crippen LogP contribution in [0.2, 0.25) is 0 Å². The number of hydrogen-bond acceptors (Lipinski definition) is 3. The SMILES string of the molecule is CNCc1nc2ccc(F)cc2c(=O)[nH]1. The van der Waals surface area contributed by atoms with E-state index in [1.54, 1.807) is 7.05 Å². The Bertz CT molecular complexity index is 550. The van der Waals surface area contributed by atoms with Gasteiger partial charge in [0.2, 0.25) is 0 Å². The molecule has 0 aliphatic carbocycles. The third kappa shape index (κ3) is 1.87. The number of nitrogens with one attached hydrogen (secondary N) is 2. The second kappa shape index (κ2) is 3.78. The summed E-state index contributed by atoms with van der Waals surface area (Å²) in [6, 6.07) is 3.97. The molecule has 0 bridgehead atoms. The van der Waals surface area contributed by atoms with E-state index in [0.29, 0.717) is 17.9 Å². The van der Waals surface area contributed by atoms with Crippen molar-refractivity contribution in [2.45, 2.75) is 6.54 Å². The minimum Gasteiger partial charge on any atom is -0.313 e. The highest BCUT2D eigenvalue weighted by Crippen LogP contribution is 2.08. The van der Waals surface area contributed by atoms with Crippen LogP contribution in [-0.2, 0) is 6.54 Å². The molecule has 0 radical (unpaired) electrons. The molecule has 4 nitrogen and oxygen atoms in total. The van der Waals surface area contributed by atoms with Gasteiger partial charge in [0.1, 0.15) is 11.6 Å². The highest BCUT2D eigenvalue weighted by molar-refractivity contribution is 5.77. The Morgan fingerprint density at radius 2 is 2.33 bits per heavy atom. The smallest absolute Gasteiger partial charge is 0.258 e. The first-order valence-electron chi connectivity index (χ1n) is 4.54. The van der Waals surface area contributed by atoms with Gasteiger partial charge in [-0.05, 0) is 25.2 Å². The Hall–Kier alpha value is -1.75. The molecule has 78 valence electrons. The molecule has 0 saturated carbocycles. The van der Waals surface area contributed by atoms with Crippen LogP contribution in [0.4, 0.5) is 4.39 Å². The van der Waals surface area contributed by atoms with E-state index in [1.807, 2.05) is 0 Å². The number of nitrogens with zero attached hydrogens (tertiary/aromatic N) is 1. The Morgan fingerprint density at radius 3 is 3.07 bits per heavy atom. The van der Waals surface area contributed by atoms with Gasteiger partial charge in [0.15, 0.2) is 0 Å². The van der Waals surface area contributed by atoms with Crippen molar-refractivity contribution < 1.29 is 4.39 Å². The van der Waals surface area contributed by atoms with Gasteiger partial charge in [-0.3, -0.25) is 4.79 Å². The van der Waals surface area contributed by atoms with E-state index >= 15 is 0 Å². The lowest BCUT2D eigenvalue weighted by atomic mass is 10.2. The molecule has 0 aliphatic rings. The van der Waals surface area contributed by atoms with Crippen LogP contribution >= 0.6 is 0 Å². The van der Waals surface area contributed by atoms with Crippen LogP contribution < -0.4 is 10.9 Å². The topological polar surface area (TPSA) is 57.8 Å². The van der Waals surface area contributed by atoms with Gasteiger partial charge in [0.25, 0.3) is 5.56 Å². The van der Waals surface area contributed by atoms with E-state index in [9.17, 15) is 9.18 Å². The summed E-state index contributed by atoms with van der Waals surface area (Å²) in [5.41, 5.74) is 0.190. The average Bonchev–Trinajstić information content (AvgIpc) is 2.20. The highest BCUT2D eigenvalue weighted by Gasteiger charge is 2.03. The fraction of sp³-hybridized carbons (Fsp3) is 0.200. The summed E-state index contributed by atoms with van der Waals surface area (Å²) in [7, 11) is 1.76. The van der Waals surface area contributed by atoms with E-state index in [1.165, 1.54) is 18.2 Å². The highest BCUT2D eigenvalue weighted by atomic mass is 19.1. The zero-order valence-electron chi connectivity index (χ0n) is 8.17. The summed E-state index contributed by atoms with van der Waals surface area (Å²) in [4.78, 5) is 18.3. The molecule has 0 saturated heterocycles. The number of hydrogen-bond donors (Lipinski definition) is 2. The minimum absolute atomic E-state index is 0.273. The number of benzene rings is 1. The minimum atomic E-state index is -0.434. The van der Waals surface area contributed by atoms with E-state index < -0.39 is 5.82 Å². The van der Waals surface area contributed by atoms with Crippen LogP contribution in [0, 0.1) is 5.82 Å². The van der Waals surface area contributed by atoms with Gasteiger partial charge < -0.3 is 10.3 Å². The lowest BCUT2D eigenvalue weighted by molar-refractivity contribution is 0.629. The molecule has 0 unspecified atom stereocenters. The quantitative estimate of drug-likeness (QED) is 0.765. The molecule has 1 aromatic heterocycles. The van der Waals surface area contributed by atoms with Gasteiger partial charge in [-0.1, -0.05) is 0 Å². The summed E-state index contributed by atoms with van der Waals surface area (Å²) in [5, 5.41) is 3.15. The second-order valence-corrected chi connectivity index (χ2v) is 3.20. The van der Waals surface area contributed by atoms with Crippen molar-refractivity contribution in [3.05, 3.63) is 40.2 Å². The van der Waals surface area contributed by atoms with Gasteiger partial charge in [-0.2, -0.15) is 0 Å². The molecule has 2 N–H and O–H groups in total. The normalized spacial score (nSPS) is 10.8. The molecule has 15 heavy (non-hydrogen) atoms. The van der Waals surface area contributed by atoms with Crippen molar-refractivity contribution in [3.63, 3.8) is 0 Å². The number of halogens is 1. The van der Waals surface area contributed by atoms with Crippen molar-refractivity contribution in [2.75, 3.05) is 7.05 Å². The van der Waals surface area contributed by atoms with E-state index in [4.69, 9.17) is 0 Å². The maximum atomic E-state index is 12.9. The van der Waals surface area contributed by atoms with Gasteiger partial charge in [-0.15, -0.1) is 0 Å². The third-order valence-corrected chi connectivity index (χ3v) is 2.06. The second-order valence-electron chi connectivity index (χ2n) is 3.20. The summed E-state index contributed by atoms with van der Waals surface area (Å²) >= 11 is 0. The Balaban J connectivity index is 2.67. The van der Waals surface area contributed by atoms with Gasteiger partial charge in [-0.25, -0.2) is 9.37 Å². The van der Waals surface area contributed by atoms with Gasteiger partial charge in [0, 0.05) is 0 Å². The number of H-pyrrole nitrogens is 1. The molecule has 0 amide bonds. The molecule has 1 heterocycles. The monoisotopic (exact) mass is 207 g/mol. The van der Waals surface area contributed by atoms with Crippen LogP contribution in [0.3, 0.4) is 0 Å². The largest absolute Gasteiger partial charge is 0.313 e. The summed E-state index contributed by atoms with van der Waals surface area (Å²) in [5.74, 6) is 0.109. The van der Waals surface area contributed by atoms with Crippen molar-refractivity contribution >= 4 is 10.9 Å². The number of rotatable bonds is 2. The zero-order chi connectivity index (χ0) is 10.8. The van der Waals surface area contributed by atoms with Crippen molar-refractivity contribution in [1.82, 2.24) is 15.3 Å².